The number of aromatic nitrogens is 3. The number of hydrogen-bond donors (Lipinski definition) is 3. The molecule has 1 aliphatic rings. The van der Waals surface area contributed by atoms with E-state index in [0.29, 0.717) is 27.6 Å². The van der Waals surface area contributed by atoms with Crippen LogP contribution in [0.15, 0.2) is 41.5 Å². The second kappa shape index (κ2) is 6.93. The number of rotatable bonds is 3. The SMILES string of the molecule is O=c1[nH]ccc2nc(Cl)cc(Nc3ccc(N4CCC(O)CC4)cn3)c12. The third-order valence-corrected chi connectivity index (χ3v) is 4.73. The van der Waals surface area contributed by atoms with Crippen molar-refractivity contribution < 1.29 is 5.11 Å². The van der Waals surface area contributed by atoms with Gasteiger partial charge in [0, 0.05) is 19.3 Å². The lowest BCUT2D eigenvalue weighted by atomic mass is 10.1. The number of anilines is 3. The van der Waals surface area contributed by atoms with Gasteiger partial charge in [-0.3, -0.25) is 4.79 Å². The Hall–Kier alpha value is -2.64. The maximum atomic E-state index is 12.2. The van der Waals surface area contributed by atoms with E-state index in [0.717, 1.165) is 31.6 Å². The monoisotopic (exact) mass is 371 g/mol. The molecule has 1 aliphatic heterocycles. The Morgan fingerprint density at radius 3 is 2.81 bits per heavy atom. The van der Waals surface area contributed by atoms with Crippen LogP contribution in [-0.2, 0) is 0 Å². The van der Waals surface area contributed by atoms with Gasteiger partial charge in [0.15, 0.2) is 0 Å². The molecule has 0 spiro atoms. The lowest BCUT2D eigenvalue weighted by Gasteiger charge is -2.31. The van der Waals surface area contributed by atoms with Crippen LogP contribution in [0.25, 0.3) is 10.9 Å². The molecule has 4 heterocycles. The second-order valence-corrected chi connectivity index (χ2v) is 6.69. The fourth-order valence-corrected chi connectivity index (χ4v) is 3.37. The maximum absolute atomic E-state index is 12.2. The van der Waals surface area contributed by atoms with Gasteiger partial charge in [-0.05, 0) is 37.1 Å². The number of aromatic amines is 1. The van der Waals surface area contributed by atoms with Gasteiger partial charge in [0.05, 0.1) is 34.6 Å². The zero-order valence-corrected chi connectivity index (χ0v) is 14.7. The number of aliphatic hydroxyl groups is 1. The van der Waals surface area contributed by atoms with Gasteiger partial charge in [0.2, 0.25) is 0 Å². The van der Waals surface area contributed by atoms with Crippen LogP contribution in [0.2, 0.25) is 5.15 Å². The Labute approximate surface area is 154 Å². The van der Waals surface area contributed by atoms with Gasteiger partial charge < -0.3 is 20.3 Å². The van der Waals surface area contributed by atoms with Crippen molar-refractivity contribution in [2.75, 3.05) is 23.3 Å². The standard InChI is InChI=1S/C18H18ClN5O2/c19-15-9-14(17-13(22-15)3-6-20-18(17)26)23-16-2-1-11(10-21-16)24-7-4-12(25)5-8-24/h1-3,6,9-10,12,25H,4-5,7-8H2,(H,20,26)(H,21,22,23). The van der Waals surface area contributed by atoms with E-state index >= 15 is 0 Å². The van der Waals surface area contributed by atoms with Gasteiger partial charge in [-0.2, -0.15) is 0 Å². The number of fused-ring (bicyclic) bond motifs is 1. The summed E-state index contributed by atoms with van der Waals surface area (Å²) in [5.41, 5.74) is 1.85. The van der Waals surface area contributed by atoms with Crippen LogP contribution >= 0.6 is 11.6 Å². The molecule has 26 heavy (non-hydrogen) atoms. The highest BCUT2D eigenvalue weighted by Crippen LogP contribution is 2.26. The Balaban J connectivity index is 1.60. The number of hydrogen-bond acceptors (Lipinski definition) is 6. The molecule has 0 saturated carbocycles. The molecule has 1 saturated heterocycles. The van der Waals surface area contributed by atoms with E-state index in [4.69, 9.17) is 11.6 Å². The van der Waals surface area contributed by atoms with Crippen LogP contribution < -0.4 is 15.8 Å². The largest absolute Gasteiger partial charge is 0.393 e. The van der Waals surface area contributed by atoms with E-state index in [9.17, 15) is 9.90 Å². The average Bonchev–Trinajstić information content (AvgIpc) is 2.63. The Bertz CT molecular complexity index is 981. The molecule has 0 aliphatic carbocycles. The predicted molar refractivity (Wildman–Crippen MR) is 102 cm³/mol. The summed E-state index contributed by atoms with van der Waals surface area (Å²) >= 11 is 6.07. The molecule has 1 fully saturated rings. The smallest absolute Gasteiger partial charge is 0.259 e. The van der Waals surface area contributed by atoms with Crippen molar-refractivity contribution in [1.82, 2.24) is 15.0 Å². The zero-order chi connectivity index (χ0) is 18.1. The van der Waals surface area contributed by atoms with Gasteiger partial charge in [-0.15, -0.1) is 0 Å². The summed E-state index contributed by atoms with van der Waals surface area (Å²) in [4.78, 5) is 25.6. The predicted octanol–water partition coefficient (Wildman–Crippen LogP) is 2.68. The number of nitrogens with zero attached hydrogens (tertiary/aromatic N) is 3. The first-order chi connectivity index (χ1) is 12.6. The normalized spacial score (nSPS) is 15.4. The third-order valence-electron chi connectivity index (χ3n) is 4.54. The Kier molecular flexibility index (Phi) is 4.48. The highest BCUT2D eigenvalue weighted by molar-refractivity contribution is 6.30. The molecule has 0 radical (unpaired) electrons. The van der Waals surface area contributed by atoms with Crippen molar-refractivity contribution in [2.24, 2.45) is 0 Å². The van der Waals surface area contributed by atoms with Crippen LogP contribution in [-0.4, -0.2) is 39.3 Å². The van der Waals surface area contributed by atoms with E-state index in [1.807, 2.05) is 12.1 Å². The molecule has 4 rings (SSSR count). The van der Waals surface area contributed by atoms with E-state index in [2.05, 4.69) is 25.2 Å². The number of halogens is 1. The van der Waals surface area contributed by atoms with Crippen LogP contribution in [0.3, 0.4) is 0 Å². The first-order valence-corrected chi connectivity index (χ1v) is 8.82. The molecule has 3 aromatic heterocycles. The highest BCUT2D eigenvalue weighted by Gasteiger charge is 2.17. The van der Waals surface area contributed by atoms with E-state index in [-0.39, 0.29) is 11.7 Å². The van der Waals surface area contributed by atoms with Crippen molar-refractivity contribution in [3.63, 3.8) is 0 Å². The first-order valence-electron chi connectivity index (χ1n) is 8.44. The number of H-pyrrole nitrogens is 1. The van der Waals surface area contributed by atoms with Crippen LogP contribution in [0.4, 0.5) is 17.2 Å². The van der Waals surface area contributed by atoms with Gasteiger partial charge in [-0.25, -0.2) is 9.97 Å². The van der Waals surface area contributed by atoms with Gasteiger partial charge in [-0.1, -0.05) is 11.6 Å². The lowest BCUT2D eigenvalue weighted by Crippen LogP contribution is -2.35. The quantitative estimate of drug-likeness (QED) is 0.613. The van der Waals surface area contributed by atoms with Gasteiger partial charge in [0.1, 0.15) is 11.0 Å². The minimum Gasteiger partial charge on any atom is -0.393 e. The molecule has 0 aromatic carbocycles. The van der Waals surface area contributed by atoms with Gasteiger partial charge >= 0.3 is 0 Å². The summed E-state index contributed by atoms with van der Waals surface area (Å²) < 4.78 is 0. The molecule has 0 unspecified atom stereocenters. The maximum Gasteiger partial charge on any atom is 0.259 e. The minimum absolute atomic E-state index is 0.206. The number of piperidine rings is 1. The summed E-state index contributed by atoms with van der Waals surface area (Å²) in [6, 6.07) is 7.15. The minimum atomic E-state index is -0.238. The topological polar surface area (TPSA) is 94.1 Å². The van der Waals surface area contributed by atoms with Crippen molar-refractivity contribution >= 4 is 39.7 Å². The molecule has 7 nitrogen and oxygen atoms in total. The summed E-state index contributed by atoms with van der Waals surface area (Å²) in [7, 11) is 0. The number of pyridine rings is 3. The molecule has 3 aromatic rings. The summed E-state index contributed by atoms with van der Waals surface area (Å²) in [6.07, 6.45) is 4.66. The lowest BCUT2D eigenvalue weighted by molar-refractivity contribution is 0.145. The molecule has 0 amide bonds. The van der Waals surface area contributed by atoms with Gasteiger partial charge in [0.25, 0.3) is 5.56 Å². The molecule has 0 atom stereocenters. The average molecular weight is 372 g/mol. The molecule has 8 heteroatoms. The Morgan fingerprint density at radius 1 is 1.27 bits per heavy atom. The molecular formula is C18H18ClN5O2. The summed E-state index contributed by atoms with van der Waals surface area (Å²) in [6.45, 7) is 1.63. The fraction of sp³-hybridized carbons (Fsp3) is 0.278. The molecule has 3 N–H and O–H groups in total. The molecule has 0 bridgehead atoms. The highest BCUT2D eigenvalue weighted by atomic mass is 35.5. The van der Waals surface area contributed by atoms with Crippen molar-refractivity contribution in [2.45, 2.75) is 18.9 Å². The summed E-state index contributed by atoms with van der Waals surface area (Å²) in [5.74, 6) is 0.609. The van der Waals surface area contributed by atoms with Crippen LogP contribution in [0.1, 0.15) is 12.8 Å². The van der Waals surface area contributed by atoms with E-state index < -0.39 is 0 Å². The van der Waals surface area contributed by atoms with Crippen molar-refractivity contribution in [3.05, 3.63) is 52.2 Å². The van der Waals surface area contributed by atoms with Crippen molar-refractivity contribution in [3.8, 4) is 0 Å². The first kappa shape index (κ1) is 16.8. The van der Waals surface area contributed by atoms with E-state index in [1.165, 1.54) is 0 Å². The van der Waals surface area contributed by atoms with Crippen molar-refractivity contribution in [1.29, 1.82) is 0 Å². The zero-order valence-electron chi connectivity index (χ0n) is 13.9. The fourth-order valence-electron chi connectivity index (χ4n) is 3.17. The van der Waals surface area contributed by atoms with Crippen LogP contribution in [0.5, 0.6) is 0 Å². The number of nitrogens with one attached hydrogen (secondary N) is 2. The molecular weight excluding hydrogens is 354 g/mol. The van der Waals surface area contributed by atoms with E-state index in [1.54, 1.807) is 24.5 Å². The van der Waals surface area contributed by atoms with Crippen LogP contribution in [0, 0.1) is 0 Å². The third kappa shape index (κ3) is 3.36. The Morgan fingerprint density at radius 2 is 2.08 bits per heavy atom. The summed E-state index contributed by atoms with van der Waals surface area (Å²) in [5, 5.41) is 13.5. The molecule has 134 valence electrons. The number of aliphatic hydroxyl groups excluding tert-OH is 1. The second-order valence-electron chi connectivity index (χ2n) is 6.30.